The van der Waals surface area contributed by atoms with Gasteiger partial charge in [0.05, 0.1) is 12.7 Å². The highest BCUT2D eigenvalue weighted by Gasteiger charge is 2.20. The van der Waals surface area contributed by atoms with E-state index in [0.717, 1.165) is 44.7 Å². The molecule has 0 spiro atoms. The van der Waals surface area contributed by atoms with Crippen molar-refractivity contribution in [2.75, 3.05) is 53.4 Å². The smallest absolute Gasteiger partial charge is 0.243 e. The third kappa shape index (κ3) is 9.77. The summed E-state index contributed by atoms with van der Waals surface area (Å²) >= 11 is 0. The number of carbonyl (C=O) groups is 1. The first kappa shape index (κ1) is 22.4. The van der Waals surface area contributed by atoms with E-state index in [0.29, 0.717) is 18.5 Å². The van der Waals surface area contributed by atoms with Crippen LogP contribution in [0, 0.1) is 0 Å². The van der Waals surface area contributed by atoms with Gasteiger partial charge >= 0.3 is 0 Å². The highest BCUT2D eigenvalue weighted by atomic mass is 16.5. The SMILES string of the molecule is C=C(C)CNC(=NCC(=O)N(C)C)NC1CCN(CCOC(C)C)CC1. The summed E-state index contributed by atoms with van der Waals surface area (Å²) in [7, 11) is 3.48. The molecule has 7 nitrogen and oxygen atoms in total. The molecule has 1 rings (SSSR count). The lowest BCUT2D eigenvalue weighted by Gasteiger charge is -2.33. The Kier molecular flexibility index (Phi) is 10.3. The van der Waals surface area contributed by atoms with E-state index >= 15 is 0 Å². The summed E-state index contributed by atoms with van der Waals surface area (Å²) in [5.74, 6) is 0.672. The maximum atomic E-state index is 11.8. The van der Waals surface area contributed by atoms with Crippen molar-refractivity contribution >= 4 is 11.9 Å². The van der Waals surface area contributed by atoms with Crippen molar-refractivity contribution in [3.8, 4) is 0 Å². The van der Waals surface area contributed by atoms with Gasteiger partial charge < -0.3 is 25.2 Å². The van der Waals surface area contributed by atoms with Crippen LogP contribution in [0.25, 0.3) is 0 Å². The number of hydrogen-bond donors (Lipinski definition) is 2. The van der Waals surface area contributed by atoms with Crippen LogP contribution in [0.15, 0.2) is 17.1 Å². The number of rotatable bonds is 9. The van der Waals surface area contributed by atoms with E-state index in [1.54, 1.807) is 19.0 Å². The molecule has 0 aliphatic carbocycles. The molecule has 1 amide bonds. The number of piperidine rings is 1. The van der Waals surface area contributed by atoms with Gasteiger partial charge in [-0.3, -0.25) is 4.79 Å². The van der Waals surface area contributed by atoms with E-state index in [2.05, 4.69) is 41.0 Å². The van der Waals surface area contributed by atoms with Crippen LogP contribution in [0.5, 0.6) is 0 Å². The first-order chi connectivity index (χ1) is 12.3. The Hall–Kier alpha value is -1.60. The van der Waals surface area contributed by atoms with E-state index in [9.17, 15) is 4.79 Å². The fourth-order valence-electron chi connectivity index (χ4n) is 2.59. The molecular weight excluding hydrogens is 330 g/mol. The molecule has 1 heterocycles. The molecule has 0 atom stereocenters. The van der Waals surface area contributed by atoms with E-state index in [4.69, 9.17) is 4.74 Å². The van der Waals surface area contributed by atoms with Gasteiger partial charge in [0.1, 0.15) is 6.54 Å². The van der Waals surface area contributed by atoms with Gasteiger partial charge in [-0.15, -0.1) is 0 Å². The van der Waals surface area contributed by atoms with Gasteiger partial charge in [-0.2, -0.15) is 0 Å². The lowest BCUT2D eigenvalue weighted by Crippen LogP contribution is -2.49. The summed E-state index contributed by atoms with van der Waals surface area (Å²) in [5, 5.41) is 6.72. The van der Waals surface area contributed by atoms with Crippen molar-refractivity contribution in [3.63, 3.8) is 0 Å². The van der Waals surface area contributed by atoms with Crippen molar-refractivity contribution in [2.24, 2.45) is 4.99 Å². The molecule has 0 aromatic carbocycles. The minimum Gasteiger partial charge on any atom is -0.377 e. The molecule has 7 heteroatoms. The third-order valence-corrected chi connectivity index (χ3v) is 4.22. The standard InChI is InChI=1S/C19H37N5O2/c1-15(2)13-20-19(21-14-18(25)23(5)6)22-17-7-9-24(10-8-17)11-12-26-16(3)4/h16-17H,1,7-14H2,2-6H3,(H2,20,21,22). The number of carbonyl (C=O) groups excluding carboxylic acids is 1. The van der Waals surface area contributed by atoms with Crippen molar-refractivity contribution in [1.82, 2.24) is 20.4 Å². The number of likely N-dealkylation sites (N-methyl/N-ethyl adjacent to an activating group) is 1. The predicted molar refractivity (Wildman–Crippen MR) is 107 cm³/mol. The van der Waals surface area contributed by atoms with E-state index in [1.807, 2.05) is 6.92 Å². The molecule has 150 valence electrons. The van der Waals surface area contributed by atoms with Gasteiger partial charge in [0.15, 0.2) is 5.96 Å². The zero-order chi connectivity index (χ0) is 19.5. The largest absolute Gasteiger partial charge is 0.377 e. The van der Waals surface area contributed by atoms with Gasteiger partial charge in [-0.25, -0.2) is 4.99 Å². The predicted octanol–water partition coefficient (Wildman–Crippen LogP) is 1.08. The molecule has 0 radical (unpaired) electrons. The Balaban J connectivity index is 2.46. The summed E-state index contributed by atoms with van der Waals surface area (Å²) in [6, 6.07) is 0.364. The number of likely N-dealkylation sites (tertiary alicyclic amines) is 1. The molecule has 0 unspecified atom stereocenters. The normalized spacial score (nSPS) is 16.6. The zero-order valence-electron chi connectivity index (χ0n) is 17.2. The van der Waals surface area contributed by atoms with Crippen molar-refractivity contribution in [1.29, 1.82) is 0 Å². The average Bonchev–Trinajstić information content (AvgIpc) is 2.57. The first-order valence-electron chi connectivity index (χ1n) is 9.51. The maximum absolute atomic E-state index is 11.8. The molecule has 26 heavy (non-hydrogen) atoms. The number of ether oxygens (including phenoxy) is 1. The molecule has 1 fully saturated rings. The second-order valence-corrected chi connectivity index (χ2v) is 7.44. The minimum atomic E-state index is -0.0126. The highest BCUT2D eigenvalue weighted by Crippen LogP contribution is 2.10. The first-order valence-corrected chi connectivity index (χ1v) is 9.51. The van der Waals surface area contributed by atoms with Crippen molar-refractivity contribution in [3.05, 3.63) is 12.2 Å². The van der Waals surface area contributed by atoms with Gasteiger partial charge in [-0.1, -0.05) is 12.2 Å². The summed E-state index contributed by atoms with van der Waals surface area (Å²) in [6.07, 6.45) is 2.39. The highest BCUT2D eigenvalue weighted by molar-refractivity contribution is 5.85. The lowest BCUT2D eigenvalue weighted by molar-refractivity contribution is -0.127. The maximum Gasteiger partial charge on any atom is 0.243 e. The van der Waals surface area contributed by atoms with Gasteiger partial charge in [0, 0.05) is 46.3 Å². The Morgan fingerprint density at radius 2 is 2.00 bits per heavy atom. The summed E-state index contributed by atoms with van der Waals surface area (Å²) in [6.45, 7) is 14.7. The molecule has 1 saturated heterocycles. The Bertz CT molecular complexity index is 469. The van der Waals surface area contributed by atoms with Crippen LogP contribution in [-0.2, 0) is 9.53 Å². The van der Waals surface area contributed by atoms with Crippen LogP contribution in [0.2, 0.25) is 0 Å². The molecule has 1 aliphatic heterocycles. The lowest BCUT2D eigenvalue weighted by atomic mass is 10.1. The second-order valence-electron chi connectivity index (χ2n) is 7.44. The number of amides is 1. The Labute approximate surface area is 158 Å². The number of nitrogens with one attached hydrogen (secondary N) is 2. The van der Waals surface area contributed by atoms with Crippen LogP contribution >= 0.6 is 0 Å². The molecule has 0 saturated carbocycles. The van der Waals surface area contributed by atoms with Crippen LogP contribution in [0.4, 0.5) is 0 Å². The Morgan fingerprint density at radius 3 is 2.54 bits per heavy atom. The second kappa shape index (κ2) is 11.9. The number of aliphatic imine (C=N–C) groups is 1. The average molecular weight is 368 g/mol. The number of nitrogens with zero attached hydrogens (tertiary/aromatic N) is 3. The van der Waals surface area contributed by atoms with Crippen LogP contribution in [-0.4, -0.2) is 87.2 Å². The molecule has 2 N–H and O–H groups in total. The van der Waals surface area contributed by atoms with E-state index in [-0.39, 0.29) is 18.6 Å². The fraction of sp³-hybridized carbons (Fsp3) is 0.789. The van der Waals surface area contributed by atoms with Gasteiger partial charge in [0.2, 0.25) is 5.91 Å². The molecule has 1 aliphatic rings. The molecular formula is C19H37N5O2. The monoisotopic (exact) mass is 367 g/mol. The topological polar surface area (TPSA) is 69.2 Å². The summed E-state index contributed by atoms with van der Waals surface area (Å²) in [5.41, 5.74) is 1.03. The van der Waals surface area contributed by atoms with E-state index in [1.165, 1.54) is 0 Å². The van der Waals surface area contributed by atoms with Crippen LogP contribution in [0.1, 0.15) is 33.6 Å². The fourth-order valence-corrected chi connectivity index (χ4v) is 2.59. The molecule has 0 aromatic heterocycles. The van der Waals surface area contributed by atoms with Crippen LogP contribution < -0.4 is 10.6 Å². The van der Waals surface area contributed by atoms with Crippen molar-refractivity contribution in [2.45, 2.75) is 45.8 Å². The molecule has 0 aromatic rings. The quantitative estimate of drug-likeness (QED) is 0.363. The zero-order valence-corrected chi connectivity index (χ0v) is 17.2. The summed E-state index contributed by atoms with van der Waals surface area (Å²) in [4.78, 5) is 20.2. The van der Waals surface area contributed by atoms with Gasteiger partial charge in [0.25, 0.3) is 0 Å². The number of guanidine groups is 1. The van der Waals surface area contributed by atoms with Crippen molar-refractivity contribution < 1.29 is 9.53 Å². The Morgan fingerprint density at radius 1 is 1.35 bits per heavy atom. The van der Waals surface area contributed by atoms with Gasteiger partial charge in [-0.05, 0) is 33.6 Å². The molecule has 0 bridgehead atoms. The third-order valence-electron chi connectivity index (χ3n) is 4.22. The minimum absolute atomic E-state index is 0.0126. The number of hydrogen-bond acceptors (Lipinski definition) is 4. The summed E-state index contributed by atoms with van der Waals surface area (Å²) < 4.78 is 5.63. The van der Waals surface area contributed by atoms with Crippen LogP contribution in [0.3, 0.4) is 0 Å². The van der Waals surface area contributed by atoms with E-state index < -0.39 is 0 Å².